The summed E-state index contributed by atoms with van der Waals surface area (Å²) < 4.78 is 5.70. The van der Waals surface area contributed by atoms with E-state index in [4.69, 9.17) is 4.74 Å². The van der Waals surface area contributed by atoms with E-state index >= 15 is 0 Å². The predicted octanol–water partition coefficient (Wildman–Crippen LogP) is 2.35. The third kappa shape index (κ3) is 3.21. The molecule has 1 aliphatic heterocycles. The van der Waals surface area contributed by atoms with Crippen molar-refractivity contribution in [1.82, 2.24) is 5.32 Å². The molecule has 3 nitrogen and oxygen atoms in total. The molecule has 4 atom stereocenters. The van der Waals surface area contributed by atoms with Gasteiger partial charge in [-0.05, 0) is 37.6 Å². The molecule has 2 unspecified atom stereocenters. The molecule has 3 heteroatoms. The van der Waals surface area contributed by atoms with Crippen LogP contribution in [0.5, 0.6) is 0 Å². The summed E-state index contributed by atoms with van der Waals surface area (Å²) in [7, 11) is 0. The zero-order chi connectivity index (χ0) is 12.3. The van der Waals surface area contributed by atoms with Crippen LogP contribution in [0.15, 0.2) is 0 Å². The van der Waals surface area contributed by atoms with Crippen LogP contribution in [0.4, 0.5) is 0 Å². The fourth-order valence-electron chi connectivity index (χ4n) is 3.10. The van der Waals surface area contributed by atoms with Crippen molar-refractivity contribution in [3.8, 4) is 0 Å². The molecule has 0 aromatic heterocycles. The van der Waals surface area contributed by atoms with E-state index < -0.39 is 0 Å². The zero-order valence-electron chi connectivity index (χ0n) is 11.1. The number of ether oxygens (including phenoxy) is 1. The van der Waals surface area contributed by atoms with Crippen molar-refractivity contribution in [3.63, 3.8) is 0 Å². The number of nitrogens with one attached hydrogen (secondary N) is 1. The summed E-state index contributed by atoms with van der Waals surface area (Å²) in [4.78, 5) is 12.1. The van der Waals surface area contributed by atoms with Gasteiger partial charge in [-0.1, -0.05) is 26.7 Å². The minimum Gasteiger partial charge on any atom is -0.462 e. The van der Waals surface area contributed by atoms with Gasteiger partial charge in [-0.15, -0.1) is 0 Å². The number of hydrogen-bond acceptors (Lipinski definition) is 3. The molecule has 1 heterocycles. The molecule has 17 heavy (non-hydrogen) atoms. The van der Waals surface area contributed by atoms with Crippen LogP contribution in [0, 0.1) is 17.8 Å². The van der Waals surface area contributed by atoms with Crippen molar-refractivity contribution in [2.75, 3.05) is 13.1 Å². The minimum absolute atomic E-state index is 0.0317. The standard InChI is InChI=1S/C14H25NO2/c1-3-11-5-4-6-12(7-11)17-14(16)13-9-15-8-10(13)2/h10-13,15H,3-9H2,1-2H3/t10-,11?,12?,13-/m1/s1. The smallest absolute Gasteiger partial charge is 0.310 e. The molecule has 0 bridgehead atoms. The van der Waals surface area contributed by atoms with Crippen molar-refractivity contribution in [3.05, 3.63) is 0 Å². The van der Waals surface area contributed by atoms with Gasteiger partial charge in [0.1, 0.15) is 6.10 Å². The topological polar surface area (TPSA) is 38.3 Å². The number of carbonyl (C=O) groups is 1. The molecule has 0 spiro atoms. The van der Waals surface area contributed by atoms with E-state index in [9.17, 15) is 4.79 Å². The monoisotopic (exact) mass is 239 g/mol. The quantitative estimate of drug-likeness (QED) is 0.768. The van der Waals surface area contributed by atoms with Gasteiger partial charge in [-0.3, -0.25) is 4.79 Å². The lowest BCUT2D eigenvalue weighted by atomic mass is 9.85. The third-order valence-corrected chi connectivity index (χ3v) is 4.42. The Balaban J connectivity index is 1.81. The van der Waals surface area contributed by atoms with E-state index in [0.717, 1.165) is 31.8 Å². The van der Waals surface area contributed by atoms with Gasteiger partial charge in [-0.25, -0.2) is 0 Å². The highest BCUT2D eigenvalue weighted by Crippen LogP contribution is 2.29. The Labute approximate surface area is 104 Å². The van der Waals surface area contributed by atoms with Crippen LogP contribution in [0.1, 0.15) is 46.0 Å². The molecule has 2 fully saturated rings. The Morgan fingerprint density at radius 1 is 1.35 bits per heavy atom. The van der Waals surface area contributed by atoms with E-state index in [-0.39, 0.29) is 18.0 Å². The normalized spacial score (nSPS) is 38.0. The third-order valence-electron chi connectivity index (χ3n) is 4.42. The van der Waals surface area contributed by atoms with Gasteiger partial charge in [0.25, 0.3) is 0 Å². The van der Waals surface area contributed by atoms with Gasteiger partial charge < -0.3 is 10.1 Å². The van der Waals surface area contributed by atoms with Crippen LogP contribution in [0.2, 0.25) is 0 Å². The number of esters is 1. The first-order valence-corrected chi connectivity index (χ1v) is 7.12. The maximum absolute atomic E-state index is 12.1. The van der Waals surface area contributed by atoms with Crippen molar-refractivity contribution in [1.29, 1.82) is 0 Å². The lowest BCUT2D eigenvalue weighted by Crippen LogP contribution is -2.31. The number of hydrogen-bond donors (Lipinski definition) is 1. The van der Waals surface area contributed by atoms with E-state index in [1.54, 1.807) is 0 Å². The van der Waals surface area contributed by atoms with Crippen molar-refractivity contribution < 1.29 is 9.53 Å². The first kappa shape index (κ1) is 12.9. The van der Waals surface area contributed by atoms with Gasteiger partial charge in [-0.2, -0.15) is 0 Å². The molecule has 2 rings (SSSR count). The van der Waals surface area contributed by atoms with E-state index in [0.29, 0.717) is 5.92 Å². The van der Waals surface area contributed by atoms with Crippen LogP contribution >= 0.6 is 0 Å². The maximum atomic E-state index is 12.1. The SMILES string of the molecule is CCC1CCCC(OC(=O)[C@@H]2CNC[C@H]2C)C1. The molecule has 1 N–H and O–H groups in total. The zero-order valence-corrected chi connectivity index (χ0v) is 11.1. The summed E-state index contributed by atoms with van der Waals surface area (Å²) in [5.74, 6) is 1.30. The first-order chi connectivity index (χ1) is 8.20. The van der Waals surface area contributed by atoms with Gasteiger partial charge in [0.05, 0.1) is 5.92 Å². The molecule has 0 aromatic rings. The fraction of sp³-hybridized carbons (Fsp3) is 0.929. The fourth-order valence-corrected chi connectivity index (χ4v) is 3.10. The molecular weight excluding hydrogens is 214 g/mol. The number of rotatable bonds is 3. The predicted molar refractivity (Wildman–Crippen MR) is 67.7 cm³/mol. The molecular formula is C14H25NO2. The number of carbonyl (C=O) groups excluding carboxylic acids is 1. The summed E-state index contributed by atoms with van der Waals surface area (Å²) in [6, 6.07) is 0. The van der Waals surface area contributed by atoms with Crippen LogP contribution in [-0.4, -0.2) is 25.2 Å². The maximum Gasteiger partial charge on any atom is 0.310 e. The van der Waals surface area contributed by atoms with E-state index in [1.165, 1.54) is 19.3 Å². The van der Waals surface area contributed by atoms with Crippen LogP contribution in [0.25, 0.3) is 0 Å². The average molecular weight is 239 g/mol. The van der Waals surface area contributed by atoms with Gasteiger partial charge in [0, 0.05) is 6.54 Å². The second-order valence-electron chi connectivity index (χ2n) is 5.74. The summed E-state index contributed by atoms with van der Waals surface area (Å²) in [5, 5.41) is 3.26. The highest BCUT2D eigenvalue weighted by Gasteiger charge is 2.33. The van der Waals surface area contributed by atoms with Crippen LogP contribution in [-0.2, 0) is 9.53 Å². The van der Waals surface area contributed by atoms with E-state index in [1.807, 2.05) is 0 Å². The largest absolute Gasteiger partial charge is 0.462 e. The first-order valence-electron chi connectivity index (χ1n) is 7.12. The lowest BCUT2D eigenvalue weighted by Gasteiger charge is -2.29. The lowest BCUT2D eigenvalue weighted by molar-refractivity contribution is -0.156. The Bertz CT molecular complexity index is 267. The Morgan fingerprint density at radius 2 is 2.18 bits per heavy atom. The molecule has 0 amide bonds. The Hall–Kier alpha value is -0.570. The minimum atomic E-state index is 0.0317. The van der Waals surface area contributed by atoms with Gasteiger partial charge in [0.15, 0.2) is 0 Å². The summed E-state index contributed by atoms with van der Waals surface area (Å²) >= 11 is 0. The van der Waals surface area contributed by atoms with Crippen LogP contribution in [0.3, 0.4) is 0 Å². The second-order valence-corrected chi connectivity index (χ2v) is 5.74. The summed E-state index contributed by atoms with van der Waals surface area (Å²) in [5.41, 5.74) is 0. The Kier molecular flexibility index (Phi) is 4.43. The van der Waals surface area contributed by atoms with Crippen molar-refractivity contribution >= 4 is 5.97 Å². The molecule has 0 radical (unpaired) electrons. The molecule has 2 aliphatic rings. The Morgan fingerprint density at radius 3 is 2.82 bits per heavy atom. The van der Waals surface area contributed by atoms with Crippen LogP contribution < -0.4 is 5.32 Å². The molecule has 0 aromatic carbocycles. The molecule has 98 valence electrons. The highest BCUT2D eigenvalue weighted by molar-refractivity contribution is 5.73. The summed E-state index contributed by atoms with van der Waals surface area (Å²) in [6.07, 6.45) is 6.08. The van der Waals surface area contributed by atoms with Gasteiger partial charge in [0.2, 0.25) is 0 Å². The molecule has 1 saturated heterocycles. The van der Waals surface area contributed by atoms with Crippen molar-refractivity contribution in [2.24, 2.45) is 17.8 Å². The molecule has 1 saturated carbocycles. The highest BCUT2D eigenvalue weighted by atomic mass is 16.5. The second kappa shape index (κ2) is 5.85. The van der Waals surface area contributed by atoms with Gasteiger partial charge >= 0.3 is 5.97 Å². The van der Waals surface area contributed by atoms with E-state index in [2.05, 4.69) is 19.2 Å². The van der Waals surface area contributed by atoms with Crippen molar-refractivity contribution in [2.45, 2.75) is 52.1 Å². The molecule has 1 aliphatic carbocycles. The summed E-state index contributed by atoms with van der Waals surface area (Å²) in [6.45, 7) is 6.10. The average Bonchev–Trinajstić information content (AvgIpc) is 2.76.